The first-order valence-electron chi connectivity index (χ1n) is 14.5. The van der Waals surface area contributed by atoms with E-state index in [1.807, 2.05) is 18.2 Å². The number of H-pyrrole nitrogens is 1. The fourth-order valence-electron chi connectivity index (χ4n) is 6.22. The molecule has 5 heterocycles. The molecule has 1 aliphatic carbocycles. The molecule has 0 amide bonds. The van der Waals surface area contributed by atoms with Crippen LogP contribution in [0.1, 0.15) is 44.2 Å². The molecule has 1 saturated heterocycles. The van der Waals surface area contributed by atoms with Crippen molar-refractivity contribution in [3.8, 4) is 22.9 Å². The molecule has 11 nitrogen and oxygen atoms in total. The van der Waals surface area contributed by atoms with Crippen molar-refractivity contribution in [2.24, 2.45) is 11.8 Å². The van der Waals surface area contributed by atoms with Crippen molar-refractivity contribution in [1.29, 1.82) is 0 Å². The molecule has 13 heteroatoms. The third-order valence-electron chi connectivity index (χ3n) is 8.42. The average Bonchev–Trinajstić information content (AvgIpc) is 3.61. The van der Waals surface area contributed by atoms with Crippen molar-refractivity contribution in [2.45, 2.75) is 45.2 Å². The molecule has 1 saturated carbocycles. The third kappa shape index (κ3) is 5.64. The Hall–Kier alpha value is -3.80. The van der Waals surface area contributed by atoms with Crippen LogP contribution in [0.2, 0.25) is 10.3 Å². The van der Waals surface area contributed by atoms with Crippen molar-refractivity contribution in [1.82, 2.24) is 34.6 Å². The van der Waals surface area contributed by atoms with Gasteiger partial charge in [-0.3, -0.25) is 9.51 Å². The van der Waals surface area contributed by atoms with Crippen LogP contribution in [0.3, 0.4) is 0 Å². The van der Waals surface area contributed by atoms with Crippen LogP contribution >= 0.6 is 23.2 Å². The van der Waals surface area contributed by atoms with Gasteiger partial charge in [-0.25, -0.2) is 19.7 Å². The van der Waals surface area contributed by atoms with Gasteiger partial charge in [-0.15, -0.1) is 0 Å². The monoisotopic (exact) mass is 620 g/mol. The standard InChI is InChI=1S/C30H30Cl2N8O3/c1-17-7-9-18(10-8-17)15-40-25-24(20-13-22(31)33-23(32)14-20)34-27(28-37-30(41)43-38-28)35-26(25)36-29(40)39-11-12-42-16-21(39)19-5-3-2-4-6-19/h2-6,13-14,17-18,21H,7-12,15-16H2,1H3,(H,37,38,41)/t17-,18-,21?. The lowest BCUT2D eigenvalue weighted by atomic mass is 9.83. The second-order valence-electron chi connectivity index (χ2n) is 11.4. The third-order valence-corrected chi connectivity index (χ3v) is 8.80. The zero-order valence-corrected chi connectivity index (χ0v) is 25.1. The lowest BCUT2D eigenvalue weighted by Gasteiger charge is -2.37. The number of morpholine rings is 1. The van der Waals surface area contributed by atoms with E-state index in [4.69, 9.17) is 47.4 Å². The molecule has 2 fully saturated rings. The highest BCUT2D eigenvalue weighted by atomic mass is 35.5. The van der Waals surface area contributed by atoms with Crippen LogP contribution in [0, 0.1) is 11.8 Å². The van der Waals surface area contributed by atoms with Gasteiger partial charge in [0.15, 0.2) is 5.65 Å². The molecule has 1 aromatic carbocycles. The molecular weight excluding hydrogens is 591 g/mol. The number of fused-ring (bicyclic) bond motifs is 1. The molecule has 5 aromatic rings. The molecule has 1 atom stereocenters. The minimum absolute atomic E-state index is 0.0375. The predicted octanol–water partition coefficient (Wildman–Crippen LogP) is 5.94. The summed E-state index contributed by atoms with van der Waals surface area (Å²) in [4.78, 5) is 35.7. The number of nitrogens with zero attached hydrogens (tertiary/aromatic N) is 7. The van der Waals surface area contributed by atoms with Crippen molar-refractivity contribution in [3.05, 3.63) is 68.9 Å². The number of anilines is 1. The molecule has 1 aliphatic heterocycles. The summed E-state index contributed by atoms with van der Waals surface area (Å²) in [6.45, 7) is 4.84. The van der Waals surface area contributed by atoms with Crippen molar-refractivity contribution < 1.29 is 9.26 Å². The van der Waals surface area contributed by atoms with Gasteiger partial charge in [0.25, 0.3) is 0 Å². The second-order valence-corrected chi connectivity index (χ2v) is 12.1. The number of hydrogen-bond acceptors (Lipinski definition) is 9. The van der Waals surface area contributed by atoms with E-state index in [-0.39, 0.29) is 28.0 Å². The molecule has 2 aliphatic rings. The summed E-state index contributed by atoms with van der Waals surface area (Å²) in [6.07, 6.45) is 4.65. The lowest BCUT2D eigenvalue weighted by molar-refractivity contribution is 0.0927. The zero-order valence-electron chi connectivity index (χ0n) is 23.5. The highest BCUT2D eigenvalue weighted by molar-refractivity contribution is 6.33. The minimum atomic E-state index is -0.702. The number of rotatable bonds is 6. The normalized spacial score (nSPS) is 21.0. The quantitative estimate of drug-likeness (QED) is 0.229. The molecule has 4 aromatic heterocycles. The van der Waals surface area contributed by atoms with Crippen LogP contribution in [0.5, 0.6) is 0 Å². The Bertz CT molecular complexity index is 1790. The van der Waals surface area contributed by atoms with Crippen molar-refractivity contribution in [2.75, 3.05) is 24.7 Å². The highest BCUT2D eigenvalue weighted by Gasteiger charge is 2.32. The van der Waals surface area contributed by atoms with E-state index in [9.17, 15) is 4.79 Å². The smallest absolute Gasteiger partial charge is 0.377 e. The Labute approximate surface area is 257 Å². The number of halogens is 2. The maximum atomic E-state index is 11.8. The number of pyridine rings is 1. The minimum Gasteiger partial charge on any atom is -0.377 e. The first kappa shape index (κ1) is 28.0. The van der Waals surface area contributed by atoms with Gasteiger partial charge in [-0.2, -0.15) is 4.98 Å². The molecular formula is C30H30Cl2N8O3. The molecule has 0 radical (unpaired) electrons. The Morgan fingerprint density at radius 2 is 1.77 bits per heavy atom. The molecule has 43 heavy (non-hydrogen) atoms. The number of aromatic nitrogens is 7. The summed E-state index contributed by atoms with van der Waals surface area (Å²) in [6, 6.07) is 13.7. The van der Waals surface area contributed by atoms with Crippen molar-refractivity contribution in [3.63, 3.8) is 0 Å². The Kier molecular flexibility index (Phi) is 7.62. The summed E-state index contributed by atoms with van der Waals surface area (Å²) >= 11 is 12.8. The van der Waals surface area contributed by atoms with Crippen LogP contribution in [-0.4, -0.2) is 54.4 Å². The number of aromatic amines is 1. The topological polar surface area (TPSA) is 128 Å². The highest BCUT2D eigenvalue weighted by Crippen LogP contribution is 2.39. The number of hydrogen-bond donors (Lipinski definition) is 1. The van der Waals surface area contributed by atoms with Gasteiger partial charge in [-0.05, 0) is 42.4 Å². The number of benzene rings is 1. The molecule has 0 spiro atoms. The Morgan fingerprint density at radius 3 is 2.49 bits per heavy atom. The number of imidazole rings is 1. The molecule has 0 bridgehead atoms. The zero-order chi connectivity index (χ0) is 29.5. The summed E-state index contributed by atoms with van der Waals surface area (Å²) in [5, 5.41) is 4.30. The van der Waals surface area contributed by atoms with Crippen LogP contribution in [0.4, 0.5) is 5.95 Å². The summed E-state index contributed by atoms with van der Waals surface area (Å²) in [5.41, 5.74) is 3.57. The van der Waals surface area contributed by atoms with Gasteiger partial charge >= 0.3 is 5.76 Å². The fourth-order valence-corrected chi connectivity index (χ4v) is 6.68. The van der Waals surface area contributed by atoms with Gasteiger partial charge in [0.2, 0.25) is 17.6 Å². The molecule has 1 unspecified atom stereocenters. The summed E-state index contributed by atoms with van der Waals surface area (Å²) in [5.74, 6) is 1.55. The second kappa shape index (κ2) is 11.7. The summed E-state index contributed by atoms with van der Waals surface area (Å²) in [7, 11) is 0. The van der Waals surface area contributed by atoms with Crippen LogP contribution in [-0.2, 0) is 11.3 Å². The Morgan fingerprint density at radius 1 is 1.00 bits per heavy atom. The van der Waals surface area contributed by atoms with Crippen LogP contribution in [0.15, 0.2) is 51.8 Å². The van der Waals surface area contributed by atoms with E-state index in [1.165, 1.54) is 12.8 Å². The fraction of sp³-hybridized carbons (Fsp3) is 0.400. The predicted molar refractivity (Wildman–Crippen MR) is 163 cm³/mol. The van der Waals surface area contributed by atoms with E-state index in [1.54, 1.807) is 12.1 Å². The number of ether oxygens (including phenoxy) is 1. The largest absolute Gasteiger partial charge is 0.439 e. The molecule has 7 rings (SSSR count). The van der Waals surface area contributed by atoms with Gasteiger partial charge < -0.3 is 14.2 Å². The first-order valence-corrected chi connectivity index (χ1v) is 15.3. The maximum Gasteiger partial charge on any atom is 0.439 e. The molecule has 1 N–H and O–H groups in total. The van der Waals surface area contributed by atoms with E-state index in [2.05, 4.69) is 43.6 Å². The van der Waals surface area contributed by atoms with Crippen molar-refractivity contribution >= 4 is 40.3 Å². The SMILES string of the molecule is C[C@H]1CC[C@H](Cn2c(N3CCOCC3c3ccccc3)nc3nc(-c4noc(=O)[nH]4)nc(-c4cc(Cl)nc(Cl)c4)c32)CC1. The first-order chi connectivity index (χ1) is 20.9. The van der Waals surface area contributed by atoms with Gasteiger partial charge in [0.05, 0.1) is 19.3 Å². The van der Waals surface area contributed by atoms with Gasteiger partial charge in [0.1, 0.15) is 21.5 Å². The lowest BCUT2D eigenvalue weighted by Crippen LogP contribution is -2.41. The van der Waals surface area contributed by atoms with Gasteiger partial charge in [-0.1, -0.05) is 78.5 Å². The van der Waals surface area contributed by atoms with Crippen LogP contribution < -0.4 is 10.7 Å². The summed E-state index contributed by atoms with van der Waals surface area (Å²) < 4.78 is 13.0. The van der Waals surface area contributed by atoms with E-state index in [0.717, 1.165) is 42.3 Å². The van der Waals surface area contributed by atoms with E-state index >= 15 is 0 Å². The molecule has 222 valence electrons. The van der Waals surface area contributed by atoms with Crippen LogP contribution in [0.25, 0.3) is 34.1 Å². The Balaban J connectivity index is 1.47. The van der Waals surface area contributed by atoms with E-state index in [0.29, 0.717) is 42.6 Å². The number of nitrogens with one attached hydrogen (secondary N) is 1. The van der Waals surface area contributed by atoms with Gasteiger partial charge in [0, 0.05) is 18.7 Å². The average molecular weight is 622 g/mol. The van der Waals surface area contributed by atoms with E-state index < -0.39 is 5.76 Å². The maximum absolute atomic E-state index is 11.8.